The first-order valence-electron chi connectivity index (χ1n) is 5.79. The number of benzene rings is 1. The summed E-state index contributed by atoms with van der Waals surface area (Å²) >= 11 is 3.35. The summed E-state index contributed by atoms with van der Waals surface area (Å²) in [7, 11) is 0. The monoisotopic (exact) mass is 305 g/mol. The van der Waals surface area contributed by atoms with Crippen LogP contribution in [0.5, 0.6) is 5.75 Å². The van der Waals surface area contributed by atoms with E-state index in [1.54, 1.807) is 6.20 Å². The quantitative estimate of drug-likeness (QED) is 0.878. The number of halogens is 1. The summed E-state index contributed by atoms with van der Waals surface area (Å²) in [6.07, 6.45) is 1.59. The summed E-state index contributed by atoms with van der Waals surface area (Å²) in [6.45, 7) is 0. The molecule has 2 heterocycles. The van der Waals surface area contributed by atoms with E-state index in [0.29, 0.717) is 6.42 Å². The number of aliphatic hydroxyl groups excluding tert-OH is 1. The van der Waals surface area contributed by atoms with Crippen LogP contribution in [0.15, 0.2) is 47.1 Å². The number of aliphatic hydroxyl groups is 1. The molecule has 3 nitrogen and oxygen atoms in total. The maximum Gasteiger partial charge on any atom is 0.143 e. The van der Waals surface area contributed by atoms with E-state index in [4.69, 9.17) is 4.74 Å². The van der Waals surface area contributed by atoms with Crippen molar-refractivity contribution in [2.45, 2.75) is 18.6 Å². The molecular formula is C14H12BrNO2. The number of nitrogens with zero attached hydrogens (tertiary/aromatic N) is 1. The normalized spacial score (nSPS) is 22.1. The van der Waals surface area contributed by atoms with E-state index in [1.807, 2.05) is 36.4 Å². The zero-order valence-corrected chi connectivity index (χ0v) is 11.2. The number of hydrogen-bond donors (Lipinski definition) is 1. The Bertz CT molecular complexity index is 556. The van der Waals surface area contributed by atoms with E-state index < -0.39 is 6.10 Å². The molecule has 0 radical (unpaired) electrons. The molecule has 1 N–H and O–H groups in total. The fourth-order valence-corrected chi connectivity index (χ4v) is 2.39. The van der Waals surface area contributed by atoms with Crippen molar-refractivity contribution in [3.05, 3.63) is 58.3 Å². The fraction of sp³-hybridized carbons (Fsp3) is 0.214. The van der Waals surface area contributed by atoms with Gasteiger partial charge in [0.25, 0.3) is 0 Å². The minimum atomic E-state index is -0.495. The average Bonchev–Trinajstić information content (AvgIpc) is 2.39. The Morgan fingerprint density at radius 1 is 1.22 bits per heavy atom. The SMILES string of the molecule is O[C@@H]1CC(c2ccc(Br)cn2)Oc2ccccc21. The summed E-state index contributed by atoms with van der Waals surface area (Å²) in [5.41, 5.74) is 1.69. The van der Waals surface area contributed by atoms with E-state index in [1.165, 1.54) is 0 Å². The molecule has 4 heteroatoms. The number of rotatable bonds is 1. The lowest BCUT2D eigenvalue weighted by Gasteiger charge is -2.29. The minimum Gasteiger partial charge on any atom is -0.484 e. The highest BCUT2D eigenvalue weighted by Gasteiger charge is 2.28. The first kappa shape index (κ1) is 11.7. The molecule has 0 spiro atoms. The van der Waals surface area contributed by atoms with Gasteiger partial charge in [-0.3, -0.25) is 4.98 Å². The van der Waals surface area contributed by atoms with E-state index in [0.717, 1.165) is 21.5 Å². The second kappa shape index (κ2) is 4.71. The standard InChI is InChI=1S/C14H12BrNO2/c15-9-5-6-11(16-8-9)14-7-12(17)10-3-1-2-4-13(10)18-14/h1-6,8,12,14,17H,7H2/t12-,14?/m1/s1. The van der Waals surface area contributed by atoms with Gasteiger partial charge in [-0.15, -0.1) is 0 Å². The Kier molecular flexibility index (Phi) is 3.06. The highest BCUT2D eigenvalue weighted by atomic mass is 79.9. The second-order valence-corrected chi connectivity index (χ2v) is 5.21. The van der Waals surface area contributed by atoms with Crippen LogP contribution < -0.4 is 4.74 Å². The Morgan fingerprint density at radius 2 is 2.06 bits per heavy atom. The van der Waals surface area contributed by atoms with Gasteiger partial charge >= 0.3 is 0 Å². The number of pyridine rings is 1. The van der Waals surface area contributed by atoms with Crippen LogP contribution >= 0.6 is 15.9 Å². The van der Waals surface area contributed by atoms with Crippen LogP contribution in [-0.2, 0) is 0 Å². The topological polar surface area (TPSA) is 42.4 Å². The Balaban J connectivity index is 1.92. The van der Waals surface area contributed by atoms with Crippen molar-refractivity contribution in [1.29, 1.82) is 0 Å². The first-order chi connectivity index (χ1) is 8.74. The smallest absolute Gasteiger partial charge is 0.143 e. The van der Waals surface area contributed by atoms with Crippen molar-refractivity contribution in [3.8, 4) is 5.75 Å². The molecule has 2 aromatic rings. The van der Waals surface area contributed by atoms with Gasteiger partial charge in [-0.05, 0) is 34.1 Å². The molecule has 1 aromatic heterocycles. The maximum atomic E-state index is 10.1. The van der Waals surface area contributed by atoms with Crippen molar-refractivity contribution in [3.63, 3.8) is 0 Å². The third-order valence-corrected chi connectivity index (χ3v) is 3.53. The zero-order valence-electron chi connectivity index (χ0n) is 9.58. The summed E-state index contributed by atoms with van der Waals surface area (Å²) in [4.78, 5) is 4.33. The van der Waals surface area contributed by atoms with Crippen molar-refractivity contribution >= 4 is 15.9 Å². The molecule has 0 saturated heterocycles. The van der Waals surface area contributed by atoms with Crippen LogP contribution in [0, 0.1) is 0 Å². The molecule has 3 rings (SSSR count). The van der Waals surface area contributed by atoms with Crippen molar-refractivity contribution in [2.24, 2.45) is 0 Å². The van der Waals surface area contributed by atoms with Crippen LogP contribution in [0.3, 0.4) is 0 Å². The zero-order chi connectivity index (χ0) is 12.5. The lowest BCUT2D eigenvalue weighted by molar-refractivity contribution is 0.0637. The van der Waals surface area contributed by atoms with E-state index in [-0.39, 0.29) is 6.10 Å². The lowest BCUT2D eigenvalue weighted by atomic mass is 9.97. The number of aromatic nitrogens is 1. The van der Waals surface area contributed by atoms with E-state index in [9.17, 15) is 5.11 Å². The van der Waals surface area contributed by atoms with Crippen LogP contribution in [0.4, 0.5) is 0 Å². The molecule has 1 aromatic carbocycles. The molecule has 0 fully saturated rings. The summed E-state index contributed by atoms with van der Waals surface area (Å²) in [6, 6.07) is 11.4. The molecule has 92 valence electrons. The maximum absolute atomic E-state index is 10.1. The molecule has 0 aliphatic carbocycles. The van der Waals surface area contributed by atoms with Crippen LogP contribution in [-0.4, -0.2) is 10.1 Å². The molecule has 0 amide bonds. The molecule has 18 heavy (non-hydrogen) atoms. The van der Waals surface area contributed by atoms with Gasteiger partial charge in [0.15, 0.2) is 0 Å². The molecule has 0 bridgehead atoms. The molecule has 2 atom stereocenters. The number of para-hydroxylation sites is 1. The third-order valence-electron chi connectivity index (χ3n) is 3.06. The van der Waals surface area contributed by atoms with Gasteiger partial charge in [0, 0.05) is 22.7 Å². The molecular weight excluding hydrogens is 294 g/mol. The molecule has 1 aliphatic heterocycles. The van der Waals surface area contributed by atoms with Gasteiger partial charge in [-0.25, -0.2) is 0 Å². The summed E-state index contributed by atoms with van der Waals surface area (Å²) in [5, 5.41) is 10.1. The Labute approximate surface area is 114 Å². The Hall–Kier alpha value is -1.39. The third kappa shape index (κ3) is 2.13. The van der Waals surface area contributed by atoms with E-state index in [2.05, 4.69) is 20.9 Å². The van der Waals surface area contributed by atoms with Crippen molar-refractivity contribution in [1.82, 2.24) is 4.98 Å². The van der Waals surface area contributed by atoms with Crippen LogP contribution in [0.25, 0.3) is 0 Å². The van der Waals surface area contributed by atoms with Crippen molar-refractivity contribution in [2.75, 3.05) is 0 Å². The Morgan fingerprint density at radius 3 is 2.83 bits per heavy atom. The van der Waals surface area contributed by atoms with E-state index >= 15 is 0 Å². The number of ether oxygens (including phenoxy) is 1. The highest BCUT2D eigenvalue weighted by Crippen LogP contribution is 2.39. The molecule has 1 unspecified atom stereocenters. The lowest BCUT2D eigenvalue weighted by Crippen LogP contribution is -2.19. The van der Waals surface area contributed by atoms with Crippen molar-refractivity contribution < 1.29 is 9.84 Å². The van der Waals surface area contributed by atoms with Gasteiger partial charge in [0.1, 0.15) is 11.9 Å². The number of fused-ring (bicyclic) bond motifs is 1. The minimum absolute atomic E-state index is 0.192. The first-order valence-corrected chi connectivity index (χ1v) is 6.58. The largest absolute Gasteiger partial charge is 0.484 e. The van der Waals surface area contributed by atoms with Gasteiger partial charge in [0.2, 0.25) is 0 Å². The van der Waals surface area contributed by atoms with Gasteiger partial charge < -0.3 is 9.84 Å². The number of hydrogen-bond acceptors (Lipinski definition) is 3. The van der Waals surface area contributed by atoms with Gasteiger partial charge in [-0.2, -0.15) is 0 Å². The molecule has 0 saturated carbocycles. The highest BCUT2D eigenvalue weighted by molar-refractivity contribution is 9.10. The van der Waals surface area contributed by atoms with Crippen LogP contribution in [0.1, 0.15) is 29.9 Å². The fourth-order valence-electron chi connectivity index (χ4n) is 2.15. The predicted octanol–water partition coefficient (Wildman–Crippen LogP) is 3.40. The summed E-state index contributed by atoms with van der Waals surface area (Å²) < 4.78 is 6.82. The average molecular weight is 306 g/mol. The predicted molar refractivity (Wildman–Crippen MR) is 71.3 cm³/mol. The molecule has 1 aliphatic rings. The van der Waals surface area contributed by atoms with Crippen LogP contribution in [0.2, 0.25) is 0 Å². The summed E-state index contributed by atoms with van der Waals surface area (Å²) in [5.74, 6) is 0.742. The van der Waals surface area contributed by atoms with Gasteiger partial charge in [-0.1, -0.05) is 18.2 Å². The second-order valence-electron chi connectivity index (χ2n) is 4.30. The van der Waals surface area contributed by atoms with Gasteiger partial charge in [0.05, 0.1) is 11.8 Å².